The van der Waals surface area contributed by atoms with Crippen molar-refractivity contribution in [2.24, 2.45) is 0 Å². The Bertz CT molecular complexity index is 118. The molecule has 1 atom stereocenters. The van der Waals surface area contributed by atoms with Gasteiger partial charge in [-0.2, -0.15) is 0 Å². The number of hydrogen-bond donors (Lipinski definition) is 0. The summed E-state index contributed by atoms with van der Waals surface area (Å²) >= 11 is 10.5. The van der Waals surface area contributed by atoms with Crippen molar-refractivity contribution in [3.05, 3.63) is 0 Å². The van der Waals surface area contributed by atoms with Crippen LogP contribution < -0.4 is 0 Å². The summed E-state index contributed by atoms with van der Waals surface area (Å²) in [5.41, 5.74) is 0. The molecule has 0 aromatic rings. The van der Waals surface area contributed by atoms with Gasteiger partial charge in [-0.1, -0.05) is 0 Å². The van der Waals surface area contributed by atoms with Gasteiger partial charge in [0.15, 0.2) is 0 Å². The van der Waals surface area contributed by atoms with E-state index in [4.69, 9.17) is 27.6 Å². The average molecular weight is 174 g/mol. The fourth-order valence-electron chi connectivity index (χ4n) is 0.163. The van der Waals surface area contributed by atoms with Gasteiger partial charge in [0.05, 0.1) is 0 Å². The minimum Gasteiger partial charge on any atom is -0.330 e. The Hall–Kier alpha value is 0.860. The first kappa shape index (κ1) is 8.86. The first-order chi connectivity index (χ1) is 3.50. The summed E-state index contributed by atoms with van der Waals surface area (Å²) in [7, 11) is 5.13. The van der Waals surface area contributed by atoms with Crippen LogP contribution in [0.4, 0.5) is 0 Å². The van der Waals surface area contributed by atoms with Crippen LogP contribution in [0.1, 0.15) is 0 Å². The molecule has 50 valence electrons. The highest BCUT2D eigenvalue weighted by atomic mass is 35.7. The van der Waals surface area contributed by atoms with Crippen LogP contribution in [0.5, 0.6) is 0 Å². The van der Waals surface area contributed by atoms with Crippen molar-refractivity contribution in [2.75, 3.05) is 21.2 Å². The summed E-state index contributed by atoms with van der Waals surface area (Å²) in [4.78, 5) is 0. The molecule has 0 amide bonds. The highest BCUT2D eigenvalue weighted by Crippen LogP contribution is 2.53. The Morgan fingerprint density at radius 3 is 2.00 bits per heavy atom. The molecule has 5 heteroatoms. The van der Waals surface area contributed by atoms with E-state index in [2.05, 4.69) is 0 Å². The maximum Gasteiger partial charge on any atom is 0.221 e. The van der Waals surface area contributed by atoms with Crippen molar-refractivity contribution >= 4 is 28.8 Å². The van der Waals surface area contributed by atoms with Gasteiger partial charge in [-0.3, -0.25) is 0 Å². The van der Waals surface area contributed by atoms with E-state index in [1.165, 1.54) is 7.11 Å². The minimum absolute atomic E-state index is 1.52. The normalized spacial score (nSPS) is 18.6. The van der Waals surface area contributed by atoms with E-state index in [1.807, 2.05) is 0 Å². The largest absolute Gasteiger partial charge is 0.330 e. The van der Waals surface area contributed by atoms with Crippen molar-refractivity contribution in [3.63, 3.8) is 0 Å². The Labute approximate surface area is 59.7 Å². The molecule has 0 spiro atoms. The molecule has 0 radical (unpaired) electrons. The lowest BCUT2D eigenvalue weighted by atomic mass is 11.3. The second kappa shape index (κ2) is 3.14. The van der Waals surface area contributed by atoms with Gasteiger partial charge in [0, 0.05) is 7.11 Å². The van der Waals surface area contributed by atoms with E-state index in [-0.39, 0.29) is 0 Å². The molecular formula is C3H9ClNOPS. The second-order valence-corrected chi connectivity index (χ2v) is 7.01. The van der Waals surface area contributed by atoms with Crippen molar-refractivity contribution in [1.82, 2.24) is 4.67 Å². The van der Waals surface area contributed by atoms with E-state index in [0.29, 0.717) is 0 Å². The highest BCUT2D eigenvalue weighted by molar-refractivity contribution is 8.23. The predicted octanol–water partition coefficient (Wildman–Crippen LogP) is 1.66. The molecule has 0 aliphatic carbocycles. The molecule has 0 aromatic carbocycles. The summed E-state index contributed by atoms with van der Waals surface area (Å²) < 4.78 is 6.53. The molecule has 0 bridgehead atoms. The lowest BCUT2D eigenvalue weighted by molar-refractivity contribution is 0.429. The highest BCUT2D eigenvalue weighted by Gasteiger charge is 2.13. The molecule has 0 saturated heterocycles. The smallest absolute Gasteiger partial charge is 0.221 e. The zero-order valence-corrected chi connectivity index (χ0v) is 7.56. The summed E-state index contributed by atoms with van der Waals surface area (Å²) in [6.07, 6.45) is 0. The quantitative estimate of drug-likeness (QED) is 0.590. The zero-order valence-electron chi connectivity index (χ0n) is 5.09. The van der Waals surface area contributed by atoms with Gasteiger partial charge in [0.2, 0.25) is 5.77 Å². The van der Waals surface area contributed by atoms with Gasteiger partial charge in [-0.25, -0.2) is 4.67 Å². The number of nitrogens with zero attached hydrogens (tertiary/aromatic N) is 1. The van der Waals surface area contributed by atoms with Crippen LogP contribution in [0.15, 0.2) is 0 Å². The third-order valence-electron chi connectivity index (χ3n) is 0.703. The lowest BCUT2D eigenvalue weighted by Crippen LogP contribution is -2.04. The molecule has 0 saturated carbocycles. The molecule has 0 aromatic heterocycles. The molecule has 0 rings (SSSR count). The zero-order chi connectivity index (χ0) is 6.78. The van der Waals surface area contributed by atoms with Crippen LogP contribution in [-0.2, 0) is 16.3 Å². The average Bonchev–Trinajstić information content (AvgIpc) is 1.67. The van der Waals surface area contributed by atoms with Gasteiger partial charge in [0.25, 0.3) is 0 Å². The number of halogens is 1. The molecular weight excluding hydrogens is 165 g/mol. The summed E-state index contributed by atoms with van der Waals surface area (Å²) in [5.74, 6) is -2.11. The monoisotopic (exact) mass is 173 g/mol. The molecule has 1 unspecified atom stereocenters. The Morgan fingerprint density at radius 2 is 2.00 bits per heavy atom. The van der Waals surface area contributed by atoms with Crippen LogP contribution in [-0.4, -0.2) is 25.9 Å². The fourth-order valence-corrected chi connectivity index (χ4v) is 0.490. The standard InChI is InChI=1S/C3H9ClNOPS/c1-5(2)7(4,8)6-3/h1-3H3. The van der Waals surface area contributed by atoms with Gasteiger partial charge in [-0.15, -0.1) is 0 Å². The molecule has 0 fully saturated rings. The molecule has 0 aliphatic rings. The van der Waals surface area contributed by atoms with Crippen LogP contribution in [0, 0.1) is 0 Å². The lowest BCUT2D eigenvalue weighted by Gasteiger charge is -2.18. The van der Waals surface area contributed by atoms with Crippen molar-refractivity contribution in [3.8, 4) is 0 Å². The molecule has 0 aliphatic heterocycles. The van der Waals surface area contributed by atoms with Crippen LogP contribution in [0.2, 0.25) is 0 Å². The Balaban J connectivity index is 3.93. The number of hydrogen-bond acceptors (Lipinski definition) is 2. The first-order valence-corrected chi connectivity index (χ1v) is 5.61. The maximum absolute atomic E-state index is 5.69. The predicted molar refractivity (Wildman–Crippen MR) is 40.8 cm³/mol. The maximum atomic E-state index is 5.69. The van der Waals surface area contributed by atoms with Gasteiger partial charge < -0.3 is 4.52 Å². The van der Waals surface area contributed by atoms with Crippen molar-refractivity contribution in [1.29, 1.82) is 0 Å². The topological polar surface area (TPSA) is 12.5 Å². The Morgan fingerprint density at radius 1 is 1.62 bits per heavy atom. The summed E-state index contributed by atoms with van der Waals surface area (Å²) in [6, 6.07) is 0. The molecule has 8 heavy (non-hydrogen) atoms. The Kier molecular flexibility index (Phi) is 3.47. The van der Waals surface area contributed by atoms with E-state index in [1.54, 1.807) is 18.8 Å². The van der Waals surface area contributed by atoms with Gasteiger partial charge in [-0.05, 0) is 37.1 Å². The number of rotatable bonds is 2. The van der Waals surface area contributed by atoms with Gasteiger partial charge >= 0.3 is 0 Å². The van der Waals surface area contributed by atoms with E-state index >= 15 is 0 Å². The van der Waals surface area contributed by atoms with Crippen LogP contribution >= 0.6 is 17.0 Å². The SMILES string of the molecule is COP(=S)(Cl)N(C)C. The van der Waals surface area contributed by atoms with Crippen LogP contribution in [0.25, 0.3) is 0 Å². The van der Waals surface area contributed by atoms with Gasteiger partial charge in [0.1, 0.15) is 0 Å². The molecule has 0 N–H and O–H groups in total. The molecule has 0 heterocycles. The first-order valence-electron chi connectivity index (χ1n) is 2.04. The van der Waals surface area contributed by atoms with Crippen LogP contribution in [0.3, 0.4) is 0 Å². The fraction of sp³-hybridized carbons (Fsp3) is 1.00. The van der Waals surface area contributed by atoms with E-state index in [0.717, 1.165) is 0 Å². The second-order valence-electron chi connectivity index (χ2n) is 1.48. The van der Waals surface area contributed by atoms with Crippen molar-refractivity contribution < 1.29 is 4.52 Å². The third-order valence-corrected chi connectivity index (χ3v) is 4.86. The van der Waals surface area contributed by atoms with E-state index < -0.39 is 5.77 Å². The van der Waals surface area contributed by atoms with E-state index in [9.17, 15) is 0 Å². The minimum atomic E-state index is -2.11. The summed E-state index contributed by atoms with van der Waals surface area (Å²) in [5, 5.41) is 0. The van der Waals surface area contributed by atoms with Crippen molar-refractivity contribution in [2.45, 2.75) is 0 Å². The third kappa shape index (κ3) is 2.42. The summed E-state index contributed by atoms with van der Waals surface area (Å²) in [6.45, 7) is 0. The molecule has 2 nitrogen and oxygen atoms in total.